The number of fused-ring (bicyclic) bond motifs is 5. The van der Waals surface area contributed by atoms with Gasteiger partial charge in [-0.2, -0.15) is 0 Å². The maximum absolute atomic E-state index is 10.6. The Morgan fingerprint density at radius 3 is 2.16 bits per heavy atom. The Labute approximate surface area is 199 Å². The normalized spacial score (nSPS) is 49.4. The largest absolute Gasteiger partial charge is 0.393 e. The van der Waals surface area contributed by atoms with Gasteiger partial charge in [0.05, 0.1) is 12.7 Å². The van der Waals surface area contributed by atoms with Crippen molar-refractivity contribution in [2.45, 2.75) is 124 Å². The van der Waals surface area contributed by atoms with E-state index in [1.54, 1.807) is 0 Å². The van der Waals surface area contributed by atoms with Crippen LogP contribution < -0.4 is 0 Å². The summed E-state index contributed by atoms with van der Waals surface area (Å²) in [5, 5.41) is 10.6. The number of rotatable bonds is 4. The van der Waals surface area contributed by atoms with Crippen molar-refractivity contribution in [3.8, 4) is 0 Å². The highest BCUT2D eigenvalue weighted by atomic mass is 16.5. The lowest BCUT2D eigenvalue weighted by Crippen LogP contribution is -2.56. The zero-order chi connectivity index (χ0) is 23.1. The summed E-state index contributed by atoms with van der Waals surface area (Å²) in [5.41, 5.74) is 1.43. The van der Waals surface area contributed by atoms with Crippen molar-refractivity contribution in [2.75, 3.05) is 13.7 Å². The van der Waals surface area contributed by atoms with Gasteiger partial charge >= 0.3 is 0 Å². The second kappa shape index (κ2) is 9.52. The molecule has 9 unspecified atom stereocenters. The van der Waals surface area contributed by atoms with Crippen LogP contribution in [-0.2, 0) is 4.74 Å². The van der Waals surface area contributed by atoms with Gasteiger partial charge in [-0.3, -0.25) is 0 Å². The molecule has 0 heterocycles. The molecule has 0 bridgehead atoms. The van der Waals surface area contributed by atoms with Crippen molar-refractivity contribution in [1.29, 1.82) is 0 Å². The average Bonchev–Trinajstić information content (AvgIpc) is 3.62. The van der Waals surface area contributed by atoms with E-state index in [0.29, 0.717) is 22.2 Å². The van der Waals surface area contributed by atoms with Crippen LogP contribution in [0.4, 0.5) is 0 Å². The fourth-order valence-electron chi connectivity index (χ4n) is 10.3. The van der Waals surface area contributed by atoms with Crippen molar-refractivity contribution in [1.82, 2.24) is 0 Å². The summed E-state index contributed by atoms with van der Waals surface area (Å²) in [6, 6.07) is 0. The van der Waals surface area contributed by atoms with Gasteiger partial charge in [-0.05, 0) is 129 Å². The Morgan fingerprint density at radius 1 is 0.812 bits per heavy atom. The average molecular weight is 447 g/mol. The summed E-state index contributed by atoms with van der Waals surface area (Å²) < 4.78 is 5.86. The molecule has 186 valence electrons. The number of ether oxygens (including phenoxy) is 1. The lowest BCUT2D eigenvalue weighted by atomic mass is 9.42. The molecule has 5 aliphatic rings. The summed E-state index contributed by atoms with van der Waals surface area (Å²) in [4.78, 5) is 0. The van der Waals surface area contributed by atoms with Crippen LogP contribution in [0.3, 0.4) is 0 Å². The van der Waals surface area contributed by atoms with Crippen molar-refractivity contribution in [3.05, 3.63) is 0 Å². The van der Waals surface area contributed by atoms with Gasteiger partial charge in [0.2, 0.25) is 0 Å². The first kappa shape index (κ1) is 25.0. The third-order valence-electron chi connectivity index (χ3n) is 11.9. The standard InChI is InChI=1S/C28H48O2.C2H6/c1-19(29)23-7-5-8-24-22-12-11-21-17-28(18-30-4,20-9-10-20)15-6-14-26(21,2)25(22)13-16-27(23,24)3;1-2/h19-25,29H,5-18H2,1-4H3;1-2H3. The van der Waals surface area contributed by atoms with Crippen LogP contribution >= 0.6 is 0 Å². The predicted molar refractivity (Wildman–Crippen MR) is 135 cm³/mol. The highest BCUT2D eigenvalue weighted by molar-refractivity contribution is 5.10. The second-order valence-electron chi connectivity index (χ2n) is 13.1. The van der Waals surface area contributed by atoms with Crippen LogP contribution in [0.15, 0.2) is 0 Å². The van der Waals surface area contributed by atoms with E-state index in [9.17, 15) is 5.11 Å². The number of aliphatic hydroxyl groups is 1. The van der Waals surface area contributed by atoms with Gasteiger partial charge in [-0.1, -0.05) is 40.5 Å². The van der Waals surface area contributed by atoms with E-state index in [1.165, 1.54) is 83.5 Å². The summed E-state index contributed by atoms with van der Waals surface area (Å²) in [6.07, 6.45) is 18.3. The minimum absolute atomic E-state index is 0.132. The van der Waals surface area contributed by atoms with Gasteiger partial charge in [0, 0.05) is 7.11 Å². The van der Waals surface area contributed by atoms with Crippen molar-refractivity contribution < 1.29 is 9.84 Å². The third-order valence-corrected chi connectivity index (χ3v) is 11.9. The van der Waals surface area contributed by atoms with E-state index in [4.69, 9.17) is 4.74 Å². The molecular formula is C30H54O2. The summed E-state index contributed by atoms with van der Waals surface area (Å²) in [7, 11) is 1.94. The van der Waals surface area contributed by atoms with Crippen LogP contribution in [-0.4, -0.2) is 24.9 Å². The molecule has 0 saturated heterocycles. The maximum atomic E-state index is 10.6. The Balaban J connectivity index is 0.00000119. The van der Waals surface area contributed by atoms with Gasteiger partial charge in [-0.25, -0.2) is 0 Å². The van der Waals surface area contributed by atoms with Crippen molar-refractivity contribution in [3.63, 3.8) is 0 Å². The molecule has 5 rings (SSSR count). The van der Waals surface area contributed by atoms with Crippen molar-refractivity contribution in [2.24, 2.45) is 51.8 Å². The van der Waals surface area contributed by atoms with E-state index < -0.39 is 0 Å². The molecule has 0 aromatic carbocycles. The molecule has 1 N–H and O–H groups in total. The second-order valence-corrected chi connectivity index (χ2v) is 13.1. The number of methoxy groups -OCH3 is 1. The van der Waals surface area contributed by atoms with E-state index in [0.717, 1.165) is 36.2 Å². The van der Waals surface area contributed by atoms with Crippen LogP contribution in [0.1, 0.15) is 118 Å². The third kappa shape index (κ3) is 4.02. The molecule has 32 heavy (non-hydrogen) atoms. The fourth-order valence-corrected chi connectivity index (χ4v) is 10.3. The maximum Gasteiger partial charge on any atom is 0.0545 e. The monoisotopic (exact) mass is 446 g/mol. The zero-order valence-electron chi connectivity index (χ0n) is 22.3. The molecule has 0 amide bonds. The van der Waals surface area contributed by atoms with E-state index in [2.05, 4.69) is 20.8 Å². The molecule has 0 aliphatic heterocycles. The Morgan fingerprint density at radius 2 is 1.50 bits per heavy atom. The van der Waals surface area contributed by atoms with Gasteiger partial charge in [0.15, 0.2) is 0 Å². The van der Waals surface area contributed by atoms with Crippen molar-refractivity contribution >= 4 is 0 Å². The summed E-state index contributed by atoms with van der Waals surface area (Å²) in [6.45, 7) is 12.4. The first-order chi connectivity index (χ1) is 15.3. The van der Waals surface area contributed by atoms with Gasteiger partial charge in [0.1, 0.15) is 0 Å². The highest BCUT2D eigenvalue weighted by Gasteiger charge is 2.60. The van der Waals surface area contributed by atoms with Crippen LogP contribution in [0.25, 0.3) is 0 Å². The number of aliphatic hydroxyl groups excluding tert-OH is 1. The number of hydrogen-bond acceptors (Lipinski definition) is 2. The van der Waals surface area contributed by atoms with E-state index in [-0.39, 0.29) is 6.10 Å². The summed E-state index contributed by atoms with van der Waals surface area (Å²) in [5.74, 6) is 5.11. The molecule has 5 saturated carbocycles. The molecule has 2 heteroatoms. The van der Waals surface area contributed by atoms with Gasteiger partial charge in [-0.15, -0.1) is 0 Å². The molecular weight excluding hydrogens is 392 g/mol. The molecule has 5 fully saturated rings. The molecule has 0 aromatic heterocycles. The number of hydrogen-bond donors (Lipinski definition) is 1. The molecule has 0 aromatic rings. The fraction of sp³-hybridized carbons (Fsp3) is 1.00. The minimum Gasteiger partial charge on any atom is -0.393 e. The SMILES string of the molecule is CC.COCC1(C2CC2)CCCC2(C)C(CCC3C2CCC2(C)C(C(C)O)CCCC32)C1. The Bertz CT molecular complexity index is 626. The Kier molecular flexibility index (Phi) is 7.45. The van der Waals surface area contributed by atoms with E-state index in [1.807, 2.05) is 21.0 Å². The molecule has 9 atom stereocenters. The summed E-state index contributed by atoms with van der Waals surface area (Å²) >= 11 is 0. The van der Waals surface area contributed by atoms with Gasteiger partial charge in [0.25, 0.3) is 0 Å². The first-order valence-corrected chi connectivity index (χ1v) is 14.5. The van der Waals surface area contributed by atoms with Gasteiger partial charge < -0.3 is 9.84 Å². The quantitative estimate of drug-likeness (QED) is 0.476. The predicted octanol–water partition coefficient (Wildman–Crippen LogP) is 7.88. The lowest BCUT2D eigenvalue weighted by Gasteiger charge is -2.63. The first-order valence-electron chi connectivity index (χ1n) is 14.5. The lowest BCUT2D eigenvalue weighted by molar-refractivity contribution is -0.151. The molecule has 5 aliphatic carbocycles. The van der Waals surface area contributed by atoms with Crippen LogP contribution in [0, 0.1) is 51.8 Å². The smallest absolute Gasteiger partial charge is 0.0545 e. The highest BCUT2D eigenvalue weighted by Crippen LogP contribution is 2.68. The Hall–Kier alpha value is -0.0800. The van der Waals surface area contributed by atoms with Crippen LogP contribution in [0.2, 0.25) is 0 Å². The topological polar surface area (TPSA) is 29.5 Å². The zero-order valence-corrected chi connectivity index (χ0v) is 22.3. The van der Waals surface area contributed by atoms with E-state index >= 15 is 0 Å². The minimum atomic E-state index is -0.132. The molecule has 2 nitrogen and oxygen atoms in total. The van der Waals surface area contributed by atoms with Crippen LogP contribution in [0.5, 0.6) is 0 Å². The molecule has 0 radical (unpaired) electrons. The molecule has 0 spiro atoms.